The number of hydrogen-bond acceptors (Lipinski definition) is 5. The summed E-state index contributed by atoms with van der Waals surface area (Å²) in [6.45, 7) is -1.93. The van der Waals surface area contributed by atoms with Gasteiger partial charge in [0.15, 0.2) is 0 Å². The maximum Gasteiger partial charge on any atom is 0.405 e. The summed E-state index contributed by atoms with van der Waals surface area (Å²) in [5.74, 6) is -1.38. The minimum atomic E-state index is -4.48. The maximum atomic E-state index is 11.9. The molecule has 0 bridgehead atoms. The first-order valence-corrected chi connectivity index (χ1v) is 9.07. The Balaban J connectivity index is 1.79. The van der Waals surface area contributed by atoms with Crippen molar-refractivity contribution in [3.8, 4) is 9.88 Å². The van der Waals surface area contributed by atoms with Crippen molar-refractivity contribution in [3.05, 3.63) is 27.0 Å². The number of nitrogens with one attached hydrogen (secondary N) is 2. The fourth-order valence-corrected chi connectivity index (χ4v) is 3.92. The van der Waals surface area contributed by atoms with Crippen LogP contribution < -0.4 is 10.6 Å². The molecule has 24 heavy (non-hydrogen) atoms. The number of aromatic nitrogens is 1. The standard InChI is InChI=1S/C13H11BrF3N3O2S2/c14-7-1-9(23-4-7)12-20-8(5-24-12)2-10(21)18-3-11(22)19-6-13(15,16)17/h1,4-5H,2-3,6H2,(H,18,21)(H,19,22). The summed E-state index contributed by atoms with van der Waals surface area (Å²) in [5, 5.41) is 8.36. The van der Waals surface area contributed by atoms with Gasteiger partial charge < -0.3 is 10.6 Å². The number of rotatable bonds is 6. The number of halogens is 4. The number of amides is 2. The SMILES string of the molecule is O=C(CNC(=O)Cc1csc(-c2cc(Br)cs2)n1)NCC(F)(F)F. The zero-order valence-electron chi connectivity index (χ0n) is 11.9. The van der Waals surface area contributed by atoms with Crippen LogP contribution in [0.1, 0.15) is 5.69 Å². The number of alkyl halides is 3. The first kappa shape index (κ1) is 18.9. The molecule has 2 aromatic rings. The molecule has 0 atom stereocenters. The number of carbonyl (C=O) groups excluding carboxylic acids is 2. The molecule has 2 N–H and O–H groups in total. The Bertz CT molecular complexity index is 730. The Morgan fingerprint density at radius 1 is 1.17 bits per heavy atom. The Morgan fingerprint density at radius 3 is 2.54 bits per heavy atom. The molecule has 0 radical (unpaired) electrons. The second-order valence-electron chi connectivity index (χ2n) is 4.62. The van der Waals surface area contributed by atoms with Crippen LogP contribution in [0.3, 0.4) is 0 Å². The fraction of sp³-hybridized carbons (Fsp3) is 0.308. The molecule has 2 amide bonds. The van der Waals surface area contributed by atoms with Crippen molar-refractivity contribution >= 4 is 50.4 Å². The van der Waals surface area contributed by atoms with E-state index in [9.17, 15) is 22.8 Å². The van der Waals surface area contributed by atoms with E-state index in [1.807, 2.05) is 11.4 Å². The minimum absolute atomic E-state index is 0.0460. The lowest BCUT2D eigenvalue weighted by atomic mass is 10.3. The van der Waals surface area contributed by atoms with Crippen LogP contribution in [0.5, 0.6) is 0 Å². The Hall–Kier alpha value is -1.46. The molecule has 5 nitrogen and oxygen atoms in total. The zero-order chi connectivity index (χ0) is 17.7. The Kier molecular flexibility index (Phi) is 6.35. The number of carbonyl (C=O) groups is 2. The third kappa shape index (κ3) is 6.21. The number of thiophene rings is 1. The van der Waals surface area contributed by atoms with Crippen molar-refractivity contribution in [2.45, 2.75) is 12.6 Å². The minimum Gasteiger partial charge on any atom is -0.347 e. The van der Waals surface area contributed by atoms with Crippen LogP contribution in [0.2, 0.25) is 0 Å². The van der Waals surface area contributed by atoms with Gasteiger partial charge >= 0.3 is 6.18 Å². The van der Waals surface area contributed by atoms with E-state index in [4.69, 9.17) is 0 Å². The highest BCUT2D eigenvalue weighted by atomic mass is 79.9. The van der Waals surface area contributed by atoms with Crippen LogP contribution in [0.15, 0.2) is 21.3 Å². The predicted octanol–water partition coefficient (Wildman–Crippen LogP) is 2.97. The molecular weight excluding hydrogens is 431 g/mol. The van der Waals surface area contributed by atoms with Crippen LogP contribution in [0, 0.1) is 0 Å². The highest BCUT2D eigenvalue weighted by Crippen LogP contribution is 2.32. The van der Waals surface area contributed by atoms with Crippen molar-refractivity contribution in [1.29, 1.82) is 0 Å². The van der Waals surface area contributed by atoms with Crippen LogP contribution in [-0.2, 0) is 16.0 Å². The summed E-state index contributed by atoms with van der Waals surface area (Å²) in [6, 6.07) is 1.92. The predicted molar refractivity (Wildman–Crippen MR) is 88.9 cm³/mol. The molecule has 0 aromatic carbocycles. The van der Waals surface area contributed by atoms with Crippen LogP contribution in [-0.4, -0.2) is 36.1 Å². The third-order valence-electron chi connectivity index (χ3n) is 2.60. The largest absolute Gasteiger partial charge is 0.405 e. The van der Waals surface area contributed by atoms with Gasteiger partial charge in [-0.15, -0.1) is 22.7 Å². The van der Waals surface area contributed by atoms with Gasteiger partial charge in [-0.1, -0.05) is 0 Å². The summed E-state index contributed by atoms with van der Waals surface area (Å²) >= 11 is 6.25. The van der Waals surface area contributed by atoms with Crippen molar-refractivity contribution in [2.24, 2.45) is 0 Å². The average Bonchev–Trinajstić information content (AvgIpc) is 3.11. The van der Waals surface area contributed by atoms with Crippen LogP contribution >= 0.6 is 38.6 Å². The topological polar surface area (TPSA) is 71.1 Å². The van der Waals surface area contributed by atoms with E-state index in [-0.39, 0.29) is 6.42 Å². The van der Waals surface area contributed by atoms with Crippen molar-refractivity contribution in [1.82, 2.24) is 15.6 Å². The maximum absolute atomic E-state index is 11.9. The van der Waals surface area contributed by atoms with Gasteiger partial charge in [-0.05, 0) is 22.0 Å². The molecule has 0 aliphatic rings. The second-order valence-corrected chi connectivity index (χ2v) is 7.30. The normalized spacial score (nSPS) is 11.3. The number of thiazole rings is 1. The summed E-state index contributed by atoms with van der Waals surface area (Å²) in [5.41, 5.74) is 0.535. The average molecular weight is 442 g/mol. The van der Waals surface area contributed by atoms with Crippen molar-refractivity contribution in [2.75, 3.05) is 13.1 Å². The monoisotopic (exact) mass is 441 g/mol. The molecule has 2 aromatic heterocycles. The molecule has 2 heterocycles. The molecule has 0 spiro atoms. The lowest BCUT2D eigenvalue weighted by Gasteiger charge is -2.08. The lowest BCUT2D eigenvalue weighted by Crippen LogP contribution is -2.41. The highest BCUT2D eigenvalue weighted by molar-refractivity contribution is 9.10. The molecule has 0 saturated carbocycles. The molecule has 0 fully saturated rings. The van der Waals surface area contributed by atoms with Gasteiger partial charge in [0.05, 0.1) is 23.5 Å². The van der Waals surface area contributed by atoms with Gasteiger partial charge in [0.25, 0.3) is 0 Å². The van der Waals surface area contributed by atoms with E-state index in [1.165, 1.54) is 22.7 Å². The van der Waals surface area contributed by atoms with E-state index >= 15 is 0 Å². The molecule has 0 aliphatic carbocycles. The summed E-state index contributed by atoms with van der Waals surface area (Å²) in [4.78, 5) is 28.2. The lowest BCUT2D eigenvalue weighted by molar-refractivity contribution is -0.138. The summed E-state index contributed by atoms with van der Waals surface area (Å²) < 4.78 is 36.8. The summed E-state index contributed by atoms with van der Waals surface area (Å²) in [6.07, 6.45) is -4.52. The van der Waals surface area contributed by atoms with E-state index < -0.39 is 31.1 Å². The Morgan fingerprint density at radius 2 is 1.92 bits per heavy atom. The molecule has 0 aliphatic heterocycles. The van der Waals surface area contributed by atoms with Gasteiger partial charge in [0, 0.05) is 15.2 Å². The first-order chi connectivity index (χ1) is 11.2. The number of nitrogens with zero attached hydrogens (tertiary/aromatic N) is 1. The summed E-state index contributed by atoms with van der Waals surface area (Å²) in [7, 11) is 0. The molecule has 2 rings (SSSR count). The van der Waals surface area contributed by atoms with Gasteiger partial charge in [0.2, 0.25) is 11.8 Å². The smallest absolute Gasteiger partial charge is 0.347 e. The van der Waals surface area contributed by atoms with Gasteiger partial charge in [-0.3, -0.25) is 9.59 Å². The van der Waals surface area contributed by atoms with Crippen molar-refractivity contribution < 1.29 is 22.8 Å². The zero-order valence-corrected chi connectivity index (χ0v) is 15.2. The van der Waals surface area contributed by atoms with E-state index in [0.29, 0.717) is 5.69 Å². The van der Waals surface area contributed by atoms with Gasteiger partial charge in [-0.2, -0.15) is 13.2 Å². The molecule has 130 valence electrons. The van der Waals surface area contributed by atoms with Gasteiger partial charge in [-0.25, -0.2) is 4.98 Å². The number of hydrogen-bond donors (Lipinski definition) is 2. The van der Waals surface area contributed by atoms with Crippen molar-refractivity contribution in [3.63, 3.8) is 0 Å². The third-order valence-corrected chi connectivity index (χ3v) is 5.36. The Labute approximate surface area is 151 Å². The molecule has 0 unspecified atom stereocenters. The van der Waals surface area contributed by atoms with E-state index in [0.717, 1.165) is 14.4 Å². The van der Waals surface area contributed by atoms with Crippen LogP contribution in [0.4, 0.5) is 13.2 Å². The second kappa shape index (κ2) is 8.08. The molecule has 0 saturated heterocycles. The molecular formula is C13H11BrF3N3O2S2. The molecule has 11 heteroatoms. The quantitative estimate of drug-likeness (QED) is 0.723. The van der Waals surface area contributed by atoms with E-state index in [1.54, 1.807) is 10.7 Å². The fourth-order valence-electron chi connectivity index (χ4n) is 1.59. The highest BCUT2D eigenvalue weighted by Gasteiger charge is 2.27. The van der Waals surface area contributed by atoms with Crippen LogP contribution in [0.25, 0.3) is 9.88 Å². The van der Waals surface area contributed by atoms with E-state index in [2.05, 4.69) is 26.2 Å². The van der Waals surface area contributed by atoms with Gasteiger partial charge in [0.1, 0.15) is 11.6 Å². The first-order valence-electron chi connectivity index (χ1n) is 6.52.